The number of benzene rings is 3. The molecule has 3 rings (SSSR count). The first kappa shape index (κ1) is 21.8. The number of ether oxygens (including phenoxy) is 1. The van der Waals surface area contributed by atoms with Crippen LogP contribution in [0.1, 0.15) is 31.8 Å². The van der Waals surface area contributed by atoms with Crippen LogP contribution < -0.4 is 15.8 Å². The van der Waals surface area contributed by atoms with E-state index < -0.39 is 29.4 Å². The van der Waals surface area contributed by atoms with E-state index in [1.807, 2.05) is 0 Å². The summed E-state index contributed by atoms with van der Waals surface area (Å²) in [6, 6.07) is 11.6. The Labute approximate surface area is 174 Å². The first-order valence-corrected chi connectivity index (χ1v) is 8.91. The van der Waals surface area contributed by atoms with Crippen LogP contribution in [-0.2, 0) is 6.18 Å². The number of carbonyl (C=O) groups excluding carboxylic acids is 2. The Hall–Kier alpha value is -3.88. The lowest BCUT2D eigenvalue weighted by atomic mass is 10.1. The summed E-state index contributed by atoms with van der Waals surface area (Å²) < 4.78 is 58.4. The minimum atomic E-state index is -4.66. The Kier molecular flexibility index (Phi) is 5.96. The van der Waals surface area contributed by atoms with Crippen LogP contribution in [0, 0.1) is 12.7 Å². The van der Waals surface area contributed by atoms with E-state index in [9.17, 15) is 27.2 Å². The summed E-state index contributed by atoms with van der Waals surface area (Å²) in [4.78, 5) is 23.9. The van der Waals surface area contributed by atoms with Crippen molar-refractivity contribution in [2.75, 3.05) is 5.32 Å². The van der Waals surface area contributed by atoms with Gasteiger partial charge in [-0.3, -0.25) is 9.59 Å². The molecule has 0 radical (unpaired) electrons. The van der Waals surface area contributed by atoms with Crippen molar-refractivity contribution in [3.05, 3.63) is 88.7 Å². The van der Waals surface area contributed by atoms with Gasteiger partial charge in [-0.2, -0.15) is 13.2 Å². The fraction of sp³-hybridized carbons (Fsp3) is 0.0909. The van der Waals surface area contributed by atoms with Gasteiger partial charge in [-0.1, -0.05) is 0 Å². The van der Waals surface area contributed by atoms with Gasteiger partial charge in [0.2, 0.25) is 5.91 Å². The smallest absolute Gasteiger partial charge is 0.416 e. The molecule has 0 aromatic heterocycles. The maximum atomic E-state index is 13.3. The van der Waals surface area contributed by atoms with Gasteiger partial charge in [0.25, 0.3) is 5.91 Å². The summed E-state index contributed by atoms with van der Waals surface area (Å²) in [5.74, 6) is -2.18. The predicted molar refractivity (Wildman–Crippen MR) is 106 cm³/mol. The zero-order chi connectivity index (χ0) is 22.8. The lowest BCUT2D eigenvalue weighted by Crippen LogP contribution is -2.15. The molecule has 0 heterocycles. The molecule has 0 spiro atoms. The van der Waals surface area contributed by atoms with Gasteiger partial charge < -0.3 is 15.8 Å². The lowest BCUT2D eigenvalue weighted by Gasteiger charge is -2.16. The Balaban J connectivity index is 1.95. The Morgan fingerprint density at radius 1 is 0.935 bits per heavy atom. The second-order valence-corrected chi connectivity index (χ2v) is 6.62. The van der Waals surface area contributed by atoms with Gasteiger partial charge in [0.15, 0.2) is 0 Å². The van der Waals surface area contributed by atoms with E-state index >= 15 is 0 Å². The molecule has 2 amide bonds. The fourth-order valence-corrected chi connectivity index (χ4v) is 2.73. The highest BCUT2D eigenvalue weighted by Gasteiger charge is 2.32. The molecule has 31 heavy (non-hydrogen) atoms. The van der Waals surface area contributed by atoms with Crippen LogP contribution in [0.3, 0.4) is 0 Å². The third kappa shape index (κ3) is 5.19. The van der Waals surface area contributed by atoms with Crippen molar-refractivity contribution in [1.82, 2.24) is 0 Å². The quantitative estimate of drug-likeness (QED) is 0.537. The lowest BCUT2D eigenvalue weighted by molar-refractivity contribution is -0.137. The summed E-state index contributed by atoms with van der Waals surface area (Å²) in [7, 11) is 0. The van der Waals surface area contributed by atoms with Gasteiger partial charge in [-0.25, -0.2) is 4.39 Å². The van der Waals surface area contributed by atoms with E-state index in [1.165, 1.54) is 37.3 Å². The molecule has 3 aromatic carbocycles. The van der Waals surface area contributed by atoms with Crippen molar-refractivity contribution >= 4 is 17.5 Å². The monoisotopic (exact) mass is 432 g/mol. The average molecular weight is 432 g/mol. The van der Waals surface area contributed by atoms with Gasteiger partial charge in [-0.15, -0.1) is 0 Å². The second kappa shape index (κ2) is 8.47. The van der Waals surface area contributed by atoms with Crippen molar-refractivity contribution < 1.29 is 31.9 Å². The SMILES string of the molecule is Cc1cc(F)ccc1Oc1cc(C(F)(F)F)ccc1C(=O)Nc1ccc(C(N)=O)cc1. The van der Waals surface area contributed by atoms with E-state index in [0.717, 1.165) is 24.3 Å². The van der Waals surface area contributed by atoms with Crippen molar-refractivity contribution in [2.45, 2.75) is 13.1 Å². The van der Waals surface area contributed by atoms with Gasteiger partial charge in [-0.05, 0) is 73.2 Å². The summed E-state index contributed by atoms with van der Waals surface area (Å²) >= 11 is 0. The standard InChI is InChI=1S/C22H16F4N2O3/c1-12-10-15(23)5-9-18(12)31-19-11-14(22(24,25)26)4-8-17(19)21(30)28-16-6-2-13(3-7-16)20(27)29/h2-11H,1H3,(H2,27,29)(H,28,30). The normalized spacial score (nSPS) is 11.1. The number of nitrogens with two attached hydrogens (primary N) is 1. The maximum Gasteiger partial charge on any atom is 0.416 e. The van der Waals surface area contributed by atoms with Crippen molar-refractivity contribution in [3.63, 3.8) is 0 Å². The van der Waals surface area contributed by atoms with E-state index in [4.69, 9.17) is 10.5 Å². The van der Waals surface area contributed by atoms with Gasteiger partial charge >= 0.3 is 6.18 Å². The number of hydrogen-bond donors (Lipinski definition) is 2. The molecule has 0 aliphatic heterocycles. The number of anilines is 1. The molecule has 3 N–H and O–H groups in total. The van der Waals surface area contributed by atoms with Crippen molar-refractivity contribution in [2.24, 2.45) is 5.73 Å². The zero-order valence-electron chi connectivity index (χ0n) is 16.1. The van der Waals surface area contributed by atoms with Crippen LogP contribution in [0.5, 0.6) is 11.5 Å². The van der Waals surface area contributed by atoms with E-state index in [1.54, 1.807) is 0 Å². The molecule has 0 atom stereocenters. The molecule has 9 heteroatoms. The summed E-state index contributed by atoms with van der Waals surface area (Å²) in [6.45, 7) is 1.52. The molecule has 0 aliphatic rings. The Bertz CT molecular complexity index is 1140. The molecule has 0 saturated carbocycles. The average Bonchev–Trinajstić information content (AvgIpc) is 2.69. The number of aryl methyl sites for hydroxylation is 1. The second-order valence-electron chi connectivity index (χ2n) is 6.62. The molecule has 0 unspecified atom stereocenters. The molecule has 0 saturated heterocycles. The zero-order valence-corrected chi connectivity index (χ0v) is 16.1. The summed E-state index contributed by atoms with van der Waals surface area (Å²) in [5, 5.41) is 2.52. The van der Waals surface area contributed by atoms with E-state index in [2.05, 4.69) is 5.32 Å². The van der Waals surface area contributed by atoms with Gasteiger partial charge in [0, 0.05) is 11.3 Å². The molecule has 3 aromatic rings. The fourth-order valence-electron chi connectivity index (χ4n) is 2.73. The van der Waals surface area contributed by atoms with Crippen LogP contribution in [-0.4, -0.2) is 11.8 Å². The number of hydrogen-bond acceptors (Lipinski definition) is 3. The highest BCUT2D eigenvalue weighted by atomic mass is 19.4. The van der Waals surface area contributed by atoms with Crippen molar-refractivity contribution in [1.29, 1.82) is 0 Å². The number of carbonyl (C=O) groups is 2. The van der Waals surface area contributed by atoms with Crippen LogP contribution in [0.15, 0.2) is 60.7 Å². The molecule has 0 aliphatic carbocycles. The number of amides is 2. The highest BCUT2D eigenvalue weighted by molar-refractivity contribution is 6.06. The maximum absolute atomic E-state index is 13.3. The number of halogens is 4. The van der Waals surface area contributed by atoms with Crippen LogP contribution in [0.4, 0.5) is 23.2 Å². The number of rotatable bonds is 5. The van der Waals surface area contributed by atoms with Crippen LogP contribution in [0.2, 0.25) is 0 Å². The van der Waals surface area contributed by atoms with Gasteiger partial charge in [0.1, 0.15) is 17.3 Å². The van der Waals surface area contributed by atoms with Crippen LogP contribution >= 0.6 is 0 Å². The first-order valence-electron chi connectivity index (χ1n) is 8.91. The third-order valence-corrected chi connectivity index (χ3v) is 4.34. The largest absolute Gasteiger partial charge is 0.456 e. The van der Waals surface area contributed by atoms with E-state index in [-0.39, 0.29) is 22.6 Å². The van der Waals surface area contributed by atoms with Crippen LogP contribution in [0.25, 0.3) is 0 Å². The number of primary amides is 1. The molecular formula is C22H16F4N2O3. The molecule has 5 nitrogen and oxygen atoms in total. The highest BCUT2D eigenvalue weighted by Crippen LogP contribution is 2.36. The minimum Gasteiger partial charge on any atom is -0.456 e. The minimum absolute atomic E-state index is 0.0978. The number of nitrogens with one attached hydrogen (secondary N) is 1. The van der Waals surface area contributed by atoms with Gasteiger partial charge in [0.05, 0.1) is 11.1 Å². The predicted octanol–water partition coefficient (Wildman–Crippen LogP) is 5.30. The first-order chi connectivity index (χ1) is 14.5. The molecular weight excluding hydrogens is 416 g/mol. The van der Waals surface area contributed by atoms with Crippen molar-refractivity contribution in [3.8, 4) is 11.5 Å². The summed E-state index contributed by atoms with van der Waals surface area (Å²) in [6.07, 6.45) is -4.66. The summed E-state index contributed by atoms with van der Waals surface area (Å²) in [5.41, 5.74) is 4.84. The Morgan fingerprint density at radius 3 is 2.19 bits per heavy atom. The number of alkyl halides is 3. The van der Waals surface area contributed by atoms with E-state index in [0.29, 0.717) is 17.3 Å². The molecule has 0 bridgehead atoms. The molecule has 160 valence electrons. The Morgan fingerprint density at radius 2 is 1.61 bits per heavy atom. The topological polar surface area (TPSA) is 81.4 Å². The third-order valence-electron chi connectivity index (χ3n) is 4.34. The molecule has 0 fully saturated rings.